The molecule has 0 radical (unpaired) electrons. The number of carbonyl (C=O) groups excluding carboxylic acids is 1. The van der Waals surface area contributed by atoms with Gasteiger partial charge >= 0.3 is 5.97 Å². The number of hydrogen-bond acceptors (Lipinski definition) is 6. The Bertz CT molecular complexity index is 490. The van der Waals surface area contributed by atoms with Crippen LogP contribution in [0.1, 0.15) is 19.4 Å². The minimum Gasteiger partial charge on any atom is -0.490 e. The fourth-order valence-corrected chi connectivity index (χ4v) is 2.25. The van der Waals surface area contributed by atoms with E-state index in [4.69, 9.17) is 19.4 Å². The molecule has 0 saturated heterocycles. The fourth-order valence-electron chi connectivity index (χ4n) is 1.47. The average molecular weight is 393 g/mol. The van der Waals surface area contributed by atoms with Crippen LogP contribution in [0.3, 0.4) is 0 Å². The number of ether oxygens (including phenoxy) is 3. The van der Waals surface area contributed by atoms with E-state index >= 15 is 0 Å². The number of carbonyl (C=O) groups is 1. The van der Waals surface area contributed by atoms with Gasteiger partial charge in [-0.15, -0.1) is 0 Å². The van der Waals surface area contributed by atoms with Crippen LogP contribution in [0.4, 0.5) is 0 Å². The van der Waals surface area contributed by atoms with Crippen LogP contribution in [0.25, 0.3) is 0 Å². The van der Waals surface area contributed by atoms with Gasteiger partial charge in [0.25, 0.3) is 0 Å². The number of esters is 1. The van der Waals surface area contributed by atoms with Crippen molar-refractivity contribution in [2.75, 3.05) is 19.8 Å². The molecule has 6 nitrogen and oxygen atoms in total. The van der Waals surface area contributed by atoms with E-state index in [2.05, 4.69) is 27.7 Å². The van der Waals surface area contributed by atoms with E-state index in [9.17, 15) is 4.79 Å². The van der Waals surface area contributed by atoms with Gasteiger partial charge in [0, 0.05) is 5.56 Å². The van der Waals surface area contributed by atoms with Gasteiger partial charge in [0.15, 0.2) is 18.1 Å². The highest BCUT2D eigenvalue weighted by atomic mass is 127. The molecule has 1 rings (SSSR count). The van der Waals surface area contributed by atoms with Gasteiger partial charge in [0.1, 0.15) is 0 Å². The highest BCUT2D eigenvalue weighted by molar-refractivity contribution is 14.1. The van der Waals surface area contributed by atoms with E-state index in [1.54, 1.807) is 19.1 Å². The van der Waals surface area contributed by atoms with Gasteiger partial charge in [-0.1, -0.05) is 5.16 Å². The molecule has 0 spiro atoms. The van der Waals surface area contributed by atoms with Crippen molar-refractivity contribution in [2.24, 2.45) is 5.16 Å². The molecule has 0 heterocycles. The second kappa shape index (κ2) is 8.62. The summed E-state index contributed by atoms with van der Waals surface area (Å²) in [7, 11) is 0. The molecular formula is C13H16INO5. The molecule has 0 amide bonds. The lowest BCUT2D eigenvalue weighted by Crippen LogP contribution is -2.15. The fraction of sp³-hybridized carbons (Fsp3) is 0.385. The summed E-state index contributed by atoms with van der Waals surface area (Å²) in [6.07, 6.45) is 1.29. The summed E-state index contributed by atoms with van der Waals surface area (Å²) in [6.45, 7) is 4.15. The van der Waals surface area contributed by atoms with E-state index in [-0.39, 0.29) is 6.61 Å². The Morgan fingerprint density at radius 3 is 2.70 bits per heavy atom. The molecule has 0 aliphatic rings. The van der Waals surface area contributed by atoms with E-state index in [1.807, 2.05) is 6.92 Å². The van der Waals surface area contributed by atoms with Gasteiger partial charge in [-0.3, -0.25) is 0 Å². The molecule has 0 unspecified atom stereocenters. The Morgan fingerprint density at radius 2 is 2.10 bits per heavy atom. The molecule has 110 valence electrons. The van der Waals surface area contributed by atoms with Crippen LogP contribution in [0.2, 0.25) is 0 Å². The minimum atomic E-state index is -0.438. The highest BCUT2D eigenvalue weighted by Crippen LogP contribution is 2.33. The Morgan fingerprint density at radius 1 is 1.35 bits per heavy atom. The summed E-state index contributed by atoms with van der Waals surface area (Å²) in [5, 5.41) is 11.5. The first kappa shape index (κ1) is 16.5. The largest absolute Gasteiger partial charge is 0.490 e. The Hall–Kier alpha value is -1.51. The molecule has 0 aliphatic carbocycles. The SMILES string of the molecule is CCOC(=O)COc1c(I)cc(C=NO)cc1OCC. The van der Waals surface area contributed by atoms with E-state index < -0.39 is 5.97 Å². The topological polar surface area (TPSA) is 77.4 Å². The van der Waals surface area contributed by atoms with Crippen LogP contribution in [0.15, 0.2) is 17.3 Å². The van der Waals surface area contributed by atoms with Crippen LogP contribution in [-0.4, -0.2) is 37.2 Å². The Labute approximate surface area is 130 Å². The number of benzene rings is 1. The molecule has 1 aromatic carbocycles. The third kappa shape index (κ3) is 4.87. The molecule has 1 aromatic rings. The lowest BCUT2D eigenvalue weighted by Gasteiger charge is -2.14. The molecule has 0 saturated carbocycles. The smallest absolute Gasteiger partial charge is 0.344 e. The standard InChI is InChI=1S/C13H16INO5/c1-3-18-11-6-9(7-15-17)5-10(14)13(11)20-8-12(16)19-4-2/h5-7,17H,3-4,8H2,1-2H3. The molecule has 0 aliphatic heterocycles. The first-order chi connectivity index (χ1) is 9.62. The lowest BCUT2D eigenvalue weighted by atomic mass is 10.2. The molecule has 1 N–H and O–H groups in total. The van der Waals surface area contributed by atoms with Crippen molar-refractivity contribution in [2.45, 2.75) is 13.8 Å². The molecule has 0 aromatic heterocycles. The second-order valence-electron chi connectivity index (χ2n) is 3.60. The first-order valence-corrected chi connectivity index (χ1v) is 7.12. The van der Waals surface area contributed by atoms with Crippen molar-refractivity contribution >= 4 is 34.8 Å². The summed E-state index contributed by atoms with van der Waals surface area (Å²) >= 11 is 2.06. The Kier molecular flexibility index (Phi) is 7.13. The number of rotatable bonds is 7. The lowest BCUT2D eigenvalue weighted by molar-refractivity contribution is -0.145. The van der Waals surface area contributed by atoms with Gasteiger partial charge in [-0.05, 0) is 48.6 Å². The zero-order valence-corrected chi connectivity index (χ0v) is 13.4. The van der Waals surface area contributed by atoms with Crippen LogP contribution in [0, 0.1) is 3.57 Å². The van der Waals surface area contributed by atoms with E-state index in [1.165, 1.54) is 6.21 Å². The minimum absolute atomic E-state index is 0.183. The summed E-state index contributed by atoms with van der Waals surface area (Å²) in [6, 6.07) is 3.43. The van der Waals surface area contributed by atoms with E-state index in [0.29, 0.717) is 30.3 Å². The van der Waals surface area contributed by atoms with Gasteiger partial charge in [0.2, 0.25) is 0 Å². The van der Waals surface area contributed by atoms with Crippen molar-refractivity contribution < 1.29 is 24.2 Å². The van der Waals surface area contributed by atoms with Crippen molar-refractivity contribution in [3.63, 3.8) is 0 Å². The molecule has 20 heavy (non-hydrogen) atoms. The first-order valence-electron chi connectivity index (χ1n) is 6.04. The zero-order chi connectivity index (χ0) is 15.0. The molecule has 0 fully saturated rings. The third-order valence-electron chi connectivity index (χ3n) is 2.18. The van der Waals surface area contributed by atoms with Gasteiger partial charge in [0.05, 0.1) is 23.0 Å². The van der Waals surface area contributed by atoms with Crippen molar-refractivity contribution in [3.8, 4) is 11.5 Å². The quantitative estimate of drug-likeness (QED) is 0.253. The summed E-state index contributed by atoms with van der Waals surface area (Å²) in [5.41, 5.74) is 0.670. The van der Waals surface area contributed by atoms with Crippen molar-refractivity contribution in [1.29, 1.82) is 0 Å². The normalized spacial score (nSPS) is 10.6. The monoisotopic (exact) mass is 393 g/mol. The molecule has 0 bridgehead atoms. The Balaban J connectivity index is 2.95. The second-order valence-corrected chi connectivity index (χ2v) is 4.76. The van der Waals surface area contributed by atoms with Gasteiger partial charge in [-0.2, -0.15) is 0 Å². The zero-order valence-electron chi connectivity index (χ0n) is 11.3. The number of nitrogens with zero attached hydrogens (tertiary/aromatic N) is 1. The predicted molar refractivity (Wildman–Crippen MR) is 81.8 cm³/mol. The highest BCUT2D eigenvalue weighted by Gasteiger charge is 2.14. The van der Waals surface area contributed by atoms with Gasteiger partial charge in [-0.25, -0.2) is 4.79 Å². The molecule has 7 heteroatoms. The average Bonchev–Trinajstić information content (AvgIpc) is 2.39. The van der Waals surface area contributed by atoms with Crippen LogP contribution >= 0.6 is 22.6 Å². The third-order valence-corrected chi connectivity index (χ3v) is 2.98. The summed E-state index contributed by atoms with van der Waals surface area (Å²) in [5.74, 6) is 0.515. The predicted octanol–water partition coefficient (Wildman–Crippen LogP) is 2.44. The maximum absolute atomic E-state index is 11.3. The van der Waals surface area contributed by atoms with Crippen molar-refractivity contribution in [3.05, 3.63) is 21.3 Å². The van der Waals surface area contributed by atoms with Gasteiger partial charge < -0.3 is 19.4 Å². The van der Waals surface area contributed by atoms with Crippen LogP contribution in [0.5, 0.6) is 11.5 Å². The molecule has 0 atom stereocenters. The number of oxime groups is 1. The van der Waals surface area contributed by atoms with Crippen LogP contribution < -0.4 is 9.47 Å². The number of halogens is 1. The van der Waals surface area contributed by atoms with Crippen LogP contribution in [-0.2, 0) is 9.53 Å². The molecular weight excluding hydrogens is 377 g/mol. The number of hydrogen-bond donors (Lipinski definition) is 1. The van der Waals surface area contributed by atoms with Crippen molar-refractivity contribution in [1.82, 2.24) is 0 Å². The maximum atomic E-state index is 11.3. The summed E-state index contributed by atoms with van der Waals surface area (Å²) in [4.78, 5) is 11.3. The summed E-state index contributed by atoms with van der Waals surface area (Å²) < 4.78 is 16.5. The maximum Gasteiger partial charge on any atom is 0.344 e. The van der Waals surface area contributed by atoms with E-state index in [0.717, 1.165) is 3.57 Å².